The minimum atomic E-state index is 0.167. The maximum Gasteiger partial charge on any atom is 0.140 e. The van der Waals surface area contributed by atoms with Gasteiger partial charge in [0.2, 0.25) is 0 Å². The Morgan fingerprint density at radius 2 is 2.13 bits per heavy atom. The lowest BCUT2D eigenvalue weighted by Gasteiger charge is -2.16. The minimum absolute atomic E-state index is 0.167. The van der Waals surface area contributed by atoms with Gasteiger partial charge in [0.15, 0.2) is 0 Å². The molecule has 0 aliphatic carbocycles. The van der Waals surface area contributed by atoms with E-state index in [4.69, 9.17) is 21.4 Å². The normalized spacial score (nSPS) is 10.7. The Balaban J connectivity index is 2.18. The molecule has 0 aliphatic rings. The smallest absolute Gasteiger partial charge is 0.140 e. The summed E-state index contributed by atoms with van der Waals surface area (Å²) >= 11 is 6.08. The molecular formula is C17H20ClN3O2. The highest BCUT2D eigenvalue weighted by molar-refractivity contribution is 6.34. The van der Waals surface area contributed by atoms with E-state index >= 15 is 0 Å². The Morgan fingerprint density at radius 3 is 2.83 bits per heavy atom. The molecule has 5 nitrogen and oxygen atoms in total. The van der Waals surface area contributed by atoms with E-state index in [1.165, 1.54) is 6.33 Å². The summed E-state index contributed by atoms with van der Waals surface area (Å²) in [5.41, 5.74) is 1.52. The summed E-state index contributed by atoms with van der Waals surface area (Å²) in [5.74, 6) is 6.94. The van der Waals surface area contributed by atoms with Gasteiger partial charge in [-0.15, -0.1) is 0 Å². The zero-order valence-electron chi connectivity index (χ0n) is 13.3. The van der Waals surface area contributed by atoms with Crippen LogP contribution in [-0.2, 0) is 0 Å². The monoisotopic (exact) mass is 333 g/mol. The molecule has 0 bridgehead atoms. The third-order valence-electron chi connectivity index (χ3n) is 3.55. The number of ether oxygens (including phenoxy) is 1. The second-order valence-electron chi connectivity index (χ2n) is 4.94. The molecule has 1 N–H and O–H groups in total. The molecule has 0 atom stereocenters. The van der Waals surface area contributed by atoms with E-state index in [0.29, 0.717) is 17.4 Å². The van der Waals surface area contributed by atoms with Crippen LogP contribution in [0, 0.1) is 11.8 Å². The highest BCUT2D eigenvalue weighted by atomic mass is 35.5. The Bertz CT molecular complexity index is 725. The number of nitrogens with zero attached hydrogens (tertiary/aromatic N) is 3. The number of aliphatic hydroxyl groups excluding tert-OH is 1. The van der Waals surface area contributed by atoms with Crippen molar-refractivity contribution in [1.29, 1.82) is 0 Å². The van der Waals surface area contributed by atoms with E-state index in [0.717, 1.165) is 36.0 Å². The summed E-state index contributed by atoms with van der Waals surface area (Å²) < 4.78 is 5.39. The zero-order valence-corrected chi connectivity index (χ0v) is 14.1. The molecular weight excluding hydrogens is 314 g/mol. The third kappa shape index (κ3) is 4.55. The number of likely N-dealkylation sites (N-methyl/N-ethyl adjacent to an activating group) is 1. The molecule has 2 aromatic rings. The number of aromatic nitrogens is 2. The molecule has 0 spiro atoms. The number of fused-ring (bicyclic) bond motifs is 1. The zero-order chi connectivity index (χ0) is 16.7. The van der Waals surface area contributed by atoms with Gasteiger partial charge in [-0.25, -0.2) is 9.97 Å². The van der Waals surface area contributed by atoms with Gasteiger partial charge in [0.05, 0.1) is 24.8 Å². The van der Waals surface area contributed by atoms with Crippen LogP contribution < -0.4 is 4.74 Å². The lowest BCUT2D eigenvalue weighted by atomic mass is 10.1. The van der Waals surface area contributed by atoms with Gasteiger partial charge >= 0.3 is 0 Å². The Morgan fingerprint density at radius 1 is 1.30 bits per heavy atom. The average Bonchev–Trinajstić information content (AvgIpc) is 2.57. The van der Waals surface area contributed by atoms with Crippen LogP contribution in [0.2, 0.25) is 5.15 Å². The first kappa shape index (κ1) is 17.5. The van der Waals surface area contributed by atoms with Gasteiger partial charge in [-0.1, -0.05) is 30.4 Å². The summed E-state index contributed by atoms with van der Waals surface area (Å²) in [6.07, 6.45) is 2.15. The van der Waals surface area contributed by atoms with E-state index in [-0.39, 0.29) is 6.61 Å². The van der Waals surface area contributed by atoms with E-state index in [1.54, 1.807) is 7.11 Å². The van der Waals surface area contributed by atoms with Gasteiger partial charge in [-0.05, 0) is 18.7 Å². The number of rotatable bonds is 6. The fourth-order valence-corrected chi connectivity index (χ4v) is 2.45. The van der Waals surface area contributed by atoms with E-state index in [1.807, 2.05) is 12.1 Å². The van der Waals surface area contributed by atoms with Crippen LogP contribution in [0.3, 0.4) is 0 Å². The second kappa shape index (κ2) is 8.68. The molecule has 0 radical (unpaired) electrons. The molecule has 0 unspecified atom stereocenters. The van der Waals surface area contributed by atoms with Gasteiger partial charge in [-0.2, -0.15) is 0 Å². The van der Waals surface area contributed by atoms with Crippen molar-refractivity contribution in [2.75, 3.05) is 33.4 Å². The topological polar surface area (TPSA) is 58.5 Å². The number of hydrogen-bond acceptors (Lipinski definition) is 5. The summed E-state index contributed by atoms with van der Waals surface area (Å²) in [6.45, 7) is 4.64. The molecule has 6 heteroatoms. The molecule has 1 heterocycles. The highest BCUT2D eigenvalue weighted by Gasteiger charge is 2.08. The summed E-state index contributed by atoms with van der Waals surface area (Å²) in [6, 6.07) is 3.67. The van der Waals surface area contributed by atoms with Gasteiger partial charge < -0.3 is 14.7 Å². The molecule has 2 rings (SSSR count). The van der Waals surface area contributed by atoms with Gasteiger partial charge in [-0.3, -0.25) is 0 Å². The van der Waals surface area contributed by atoms with E-state index in [2.05, 4.69) is 33.6 Å². The van der Waals surface area contributed by atoms with Crippen molar-refractivity contribution in [3.63, 3.8) is 0 Å². The average molecular weight is 334 g/mol. The molecule has 1 aromatic heterocycles. The molecule has 0 saturated carbocycles. The van der Waals surface area contributed by atoms with E-state index in [9.17, 15) is 0 Å². The number of halogens is 1. The fraction of sp³-hybridized carbons (Fsp3) is 0.412. The maximum atomic E-state index is 8.98. The Hall–Kier alpha value is -1.87. The molecule has 0 amide bonds. The summed E-state index contributed by atoms with van der Waals surface area (Å²) in [4.78, 5) is 10.3. The number of hydrogen-bond donors (Lipinski definition) is 1. The van der Waals surface area contributed by atoms with Crippen LogP contribution in [0.15, 0.2) is 18.5 Å². The van der Waals surface area contributed by atoms with Crippen molar-refractivity contribution in [2.24, 2.45) is 0 Å². The number of aliphatic hydroxyl groups is 1. The van der Waals surface area contributed by atoms with Crippen LogP contribution in [0.25, 0.3) is 10.9 Å². The molecule has 0 saturated heterocycles. The minimum Gasteiger partial charge on any atom is -0.495 e. The van der Waals surface area contributed by atoms with Crippen molar-refractivity contribution < 1.29 is 9.84 Å². The van der Waals surface area contributed by atoms with Crippen molar-refractivity contribution >= 4 is 22.5 Å². The van der Waals surface area contributed by atoms with Crippen molar-refractivity contribution in [2.45, 2.75) is 13.3 Å². The highest BCUT2D eigenvalue weighted by Crippen LogP contribution is 2.27. The Labute approximate surface area is 141 Å². The first-order valence-corrected chi connectivity index (χ1v) is 7.87. The number of benzene rings is 1. The predicted molar refractivity (Wildman–Crippen MR) is 91.8 cm³/mol. The predicted octanol–water partition coefficient (Wildman–Crippen LogP) is 2.35. The molecule has 122 valence electrons. The first-order valence-electron chi connectivity index (χ1n) is 7.50. The maximum absolute atomic E-state index is 8.98. The first-order chi connectivity index (χ1) is 11.2. The van der Waals surface area contributed by atoms with Gasteiger partial charge in [0, 0.05) is 24.9 Å². The third-order valence-corrected chi connectivity index (χ3v) is 3.85. The van der Waals surface area contributed by atoms with Crippen LogP contribution in [0.1, 0.15) is 18.9 Å². The molecule has 1 aromatic carbocycles. The summed E-state index contributed by atoms with van der Waals surface area (Å²) in [7, 11) is 1.60. The van der Waals surface area contributed by atoms with Crippen LogP contribution >= 0.6 is 11.6 Å². The fourth-order valence-electron chi connectivity index (χ4n) is 2.26. The van der Waals surface area contributed by atoms with E-state index < -0.39 is 0 Å². The molecule has 23 heavy (non-hydrogen) atoms. The van der Waals surface area contributed by atoms with Crippen LogP contribution in [0.4, 0.5) is 0 Å². The van der Waals surface area contributed by atoms with Gasteiger partial charge in [0.1, 0.15) is 17.2 Å². The SMILES string of the molecule is CCN(CCO)CCC#Cc1cc2ncnc(Cl)c2cc1OC. The lowest BCUT2D eigenvalue weighted by molar-refractivity contribution is 0.205. The Kier molecular flexibility index (Phi) is 6.60. The van der Waals surface area contributed by atoms with Crippen molar-refractivity contribution in [3.8, 4) is 17.6 Å². The van der Waals surface area contributed by atoms with Crippen molar-refractivity contribution in [3.05, 3.63) is 29.2 Å². The van der Waals surface area contributed by atoms with Crippen LogP contribution in [0.5, 0.6) is 5.75 Å². The standard InChI is InChI=1S/C17H20ClN3O2/c1-3-21(8-9-22)7-5-4-6-13-10-15-14(11-16(13)23-2)17(18)20-12-19-15/h10-12,22H,3,5,7-9H2,1-2H3. The molecule has 0 aliphatic heterocycles. The van der Waals surface area contributed by atoms with Crippen LogP contribution in [-0.4, -0.2) is 53.3 Å². The quantitative estimate of drug-likeness (QED) is 0.649. The number of methoxy groups -OCH3 is 1. The largest absolute Gasteiger partial charge is 0.495 e. The summed E-state index contributed by atoms with van der Waals surface area (Å²) in [5, 5.41) is 10.1. The molecule has 0 fully saturated rings. The van der Waals surface area contributed by atoms with Crippen molar-refractivity contribution in [1.82, 2.24) is 14.9 Å². The van der Waals surface area contributed by atoms with Gasteiger partial charge in [0.25, 0.3) is 0 Å². The lowest BCUT2D eigenvalue weighted by Crippen LogP contribution is -2.27. The second-order valence-corrected chi connectivity index (χ2v) is 5.30.